The van der Waals surface area contributed by atoms with Crippen LogP contribution in [0.1, 0.15) is 41.5 Å². The van der Waals surface area contributed by atoms with E-state index in [4.69, 9.17) is 9.47 Å². The van der Waals surface area contributed by atoms with Crippen molar-refractivity contribution in [3.63, 3.8) is 0 Å². The third-order valence-electron chi connectivity index (χ3n) is 1.33. The highest BCUT2D eigenvalue weighted by molar-refractivity contribution is 6.42. The van der Waals surface area contributed by atoms with Gasteiger partial charge in [0, 0.05) is 0 Å². The van der Waals surface area contributed by atoms with E-state index in [0.29, 0.717) is 0 Å². The second-order valence-corrected chi connectivity index (χ2v) is 7.13. The summed E-state index contributed by atoms with van der Waals surface area (Å²) < 4.78 is 11.6. The molecule has 3 heteroatoms. The molecule has 0 aliphatic rings. The molecule has 0 aromatic heterocycles. The highest BCUT2D eigenvalue weighted by atomic mass is 28.2. The molecule has 2 nitrogen and oxygen atoms in total. The molecule has 0 spiro atoms. The van der Waals surface area contributed by atoms with Crippen LogP contribution >= 0.6 is 0 Å². The first kappa shape index (κ1) is 13.9. The summed E-state index contributed by atoms with van der Waals surface area (Å²) >= 11 is 0. The summed E-state index contributed by atoms with van der Waals surface area (Å²) in [5.41, 5.74) is 1.67. The highest BCUT2D eigenvalue weighted by Crippen LogP contribution is 2.17. The zero-order chi connectivity index (χ0) is 11.4. The summed E-state index contributed by atoms with van der Waals surface area (Å²) in [4.78, 5) is 0. The Hall–Kier alpha value is -0.123. The van der Waals surface area contributed by atoms with Crippen molar-refractivity contribution in [2.24, 2.45) is 0 Å². The van der Waals surface area contributed by atoms with Crippen LogP contribution in [0.15, 0.2) is 12.3 Å². The van der Waals surface area contributed by atoms with Gasteiger partial charge in [0.2, 0.25) is 0 Å². The maximum atomic E-state index is 5.82. The SMILES string of the molecule is C=C[SiH2]C(OC(C)(C)C)OC(C)(C)C. The lowest BCUT2D eigenvalue weighted by atomic mass is 10.2. The Morgan fingerprint density at radius 2 is 1.36 bits per heavy atom. The quantitative estimate of drug-likeness (QED) is 0.530. The molecule has 84 valence electrons. The van der Waals surface area contributed by atoms with Crippen LogP contribution in [-0.4, -0.2) is 26.6 Å². The molecule has 0 heterocycles. The Labute approximate surface area is 90.5 Å². The molecule has 14 heavy (non-hydrogen) atoms. The van der Waals surface area contributed by atoms with Crippen molar-refractivity contribution >= 4 is 9.52 Å². The van der Waals surface area contributed by atoms with E-state index in [-0.39, 0.29) is 17.1 Å². The minimum absolute atomic E-state index is 0.0625. The third kappa shape index (κ3) is 8.47. The van der Waals surface area contributed by atoms with Gasteiger partial charge in [-0.2, -0.15) is 0 Å². The number of ether oxygens (including phenoxy) is 2. The average molecular weight is 216 g/mol. The van der Waals surface area contributed by atoms with E-state index < -0.39 is 9.52 Å². The Bertz CT molecular complexity index is 161. The van der Waals surface area contributed by atoms with Crippen molar-refractivity contribution in [1.82, 2.24) is 0 Å². The van der Waals surface area contributed by atoms with E-state index in [2.05, 4.69) is 6.58 Å². The van der Waals surface area contributed by atoms with Gasteiger partial charge in [-0.05, 0) is 41.5 Å². The van der Waals surface area contributed by atoms with Crippen LogP contribution in [0, 0.1) is 0 Å². The van der Waals surface area contributed by atoms with Crippen molar-refractivity contribution in [3.8, 4) is 0 Å². The summed E-state index contributed by atoms with van der Waals surface area (Å²) in [6.45, 7) is 16.0. The van der Waals surface area contributed by atoms with E-state index in [1.165, 1.54) is 0 Å². The van der Waals surface area contributed by atoms with Crippen LogP contribution < -0.4 is 0 Å². The fraction of sp³-hybridized carbons (Fsp3) is 0.818. The van der Waals surface area contributed by atoms with E-state index in [1.807, 2.05) is 47.2 Å². The average Bonchev–Trinajstić information content (AvgIpc) is 1.78. The minimum atomic E-state index is -0.504. The highest BCUT2D eigenvalue weighted by Gasteiger charge is 2.23. The summed E-state index contributed by atoms with van der Waals surface area (Å²) in [5, 5.41) is 0. The van der Waals surface area contributed by atoms with Crippen molar-refractivity contribution in [2.75, 3.05) is 0 Å². The van der Waals surface area contributed by atoms with Crippen LogP contribution in [0.2, 0.25) is 0 Å². The fourth-order valence-corrected chi connectivity index (χ4v) is 2.51. The van der Waals surface area contributed by atoms with Gasteiger partial charge in [-0.25, -0.2) is 0 Å². The predicted molar refractivity (Wildman–Crippen MR) is 64.2 cm³/mol. The molecule has 0 atom stereocenters. The van der Waals surface area contributed by atoms with E-state index >= 15 is 0 Å². The molecule has 0 saturated carbocycles. The molecule has 0 rings (SSSR count). The van der Waals surface area contributed by atoms with Gasteiger partial charge in [0.15, 0.2) is 0 Å². The molecule has 0 bridgehead atoms. The largest absolute Gasteiger partial charge is 0.351 e. The van der Waals surface area contributed by atoms with Gasteiger partial charge in [0.1, 0.15) is 15.4 Å². The zero-order valence-corrected chi connectivity index (χ0v) is 11.8. The molecule has 0 aliphatic heterocycles. The van der Waals surface area contributed by atoms with E-state index in [9.17, 15) is 0 Å². The normalized spacial score (nSPS) is 14.2. The van der Waals surface area contributed by atoms with Crippen molar-refractivity contribution in [3.05, 3.63) is 12.3 Å². The standard InChI is InChI=1S/C11H24O2Si/c1-8-14-9(12-10(2,3)4)13-11(5,6)7/h8-9H,1,14H2,2-7H3. The van der Waals surface area contributed by atoms with E-state index in [0.717, 1.165) is 0 Å². The smallest absolute Gasteiger partial charge is 0.140 e. The molecule has 0 saturated heterocycles. The monoisotopic (exact) mass is 216 g/mol. The van der Waals surface area contributed by atoms with Gasteiger partial charge < -0.3 is 9.47 Å². The summed E-state index contributed by atoms with van der Waals surface area (Å²) in [6, 6.07) is 0. The van der Waals surface area contributed by atoms with Crippen molar-refractivity contribution in [2.45, 2.75) is 58.7 Å². The lowest BCUT2D eigenvalue weighted by Gasteiger charge is -2.32. The molecule has 0 radical (unpaired) electrons. The Morgan fingerprint density at radius 3 is 1.57 bits per heavy atom. The van der Waals surface area contributed by atoms with Gasteiger partial charge in [-0.1, -0.05) is 0 Å². The maximum Gasteiger partial charge on any atom is 0.140 e. The van der Waals surface area contributed by atoms with Gasteiger partial charge in [-0.3, -0.25) is 0 Å². The van der Waals surface area contributed by atoms with Crippen LogP contribution in [-0.2, 0) is 9.47 Å². The predicted octanol–water partition coefficient (Wildman–Crippen LogP) is 2.21. The molecule has 0 aliphatic carbocycles. The lowest BCUT2D eigenvalue weighted by Crippen LogP contribution is -2.38. The Morgan fingerprint density at radius 1 is 1.00 bits per heavy atom. The number of rotatable bonds is 4. The van der Waals surface area contributed by atoms with Gasteiger partial charge in [0.25, 0.3) is 0 Å². The molecular formula is C11H24O2Si. The Kier molecular flexibility index (Phi) is 5.05. The van der Waals surface area contributed by atoms with Gasteiger partial charge in [-0.15, -0.1) is 12.3 Å². The van der Waals surface area contributed by atoms with E-state index in [1.54, 1.807) is 0 Å². The van der Waals surface area contributed by atoms with Crippen LogP contribution in [0.25, 0.3) is 0 Å². The second kappa shape index (κ2) is 5.10. The summed E-state index contributed by atoms with van der Waals surface area (Å²) in [6.07, 6.45) is 0. The zero-order valence-electron chi connectivity index (χ0n) is 10.4. The first-order chi connectivity index (χ1) is 6.14. The lowest BCUT2D eigenvalue weighted by molar-refractivity contribution is -0.193. The molecular weight excluding hydrogens is 192 g/mol. The Balaban J connectivity index is 4.23. The van der Waals surface area contributed by atoms with Crippen LogP contribution in [0.5, 0.6) is 0 Å². The van der Waals surface area contributed by atoms with Gasteiger partial charge in [0.05, 0.1) is 11.2 Å². The first-order valence-electron chi connectivity index (χ1n) is 5.10. The fourth-order valence-electron chi connectivity index (χ4n) is 1.05. The molecule has 0 aromatic carbocycles. The first-order valence-corrected chi connectivity index (χ1v) is 6.74. The second-order valence-electron chi connectivity index (χ2n) is 5.41. The minimum Gasteiger partial charge on any atom is -0.351 e. The van der Waals surface area contributed by atoms with Crippen LogP contribution in [0.4, 0.5) is 0 Å². The molecule has 0 unspecified atom stereocenters. The summed E-state index contributed by atoms with van der Waals surface area (Å²) in [7, 11) is -0.504. The third-order valence-corrected chi connectivity index (χ3v) is 2.38. The van der Waals surface area contributed by atoms with Crippen molar-refractivity contribution in [1.29, 1.82) is 0 Å². The molecule has 0 aromatic rings. The number of hydrogen-bond donors (Lipinski definition) is 0. The molecule has 0 N–H and O–H groups in total. The van der Waals surface area contributed by atoms with Gasteiger partial charge >= 0.3 is 0 Å². The van der Waals surface area contributed by atoms with Crippen LogP contribution in [0.3, 0.4) is 0 Å². The topological polar surface area (TPSA) is 18.5 Å². The van der Waals surface area contributed by atoms with Crippen molar-refractivity contribution < 1.29 is 9.47 Å². The maximum absolute atomic E-state index is 5.82. The molecule has 0 fully saturated rings. The number of hydrogen-bond acceptors (Lipinski definition) is 2. The summed E-state index contributed by atoms with van der Waals surface area (Å²) in [5.74, 6) is -0.0625. The molecule has 0 amide bonds.